The number of alkyl halides is 2. The molecular formula is C10H21F2N3O. The van der Waals surface area contributed by atoms with Gasteiger partial charge in [-0.25, -0.2) is 8.78 Å². The number of hydrogen-bond acceptors (Lipinski definition) is 4. The first-order valence-corrected chi connectivity index (χ1v) is 5.73. The van der Waals surface area contributed by atoms with E-state index in [2.05, 4.69) is 4.90 Å². The van der Waals surface area contributed by atoms with E-state index in [1.807, 2.05) is 0 Å². The molecular weight excluding hydrogens is 216 g/mol. The van der Waals surface area contributed by atoms with Gasteiger partial charge in [0.05, 0.1) is 19.8 Å². The second-order valence-electron chi connectivity index (χ2n) is 3.93. The van der Waals surface area contributed by atoms with Crippen LogP contribution >= 0.6 is 0 Å². The maximum Gasteiger partial charge on any atom is 0.251 e. The molecule has 0 aromatic rings. The van der Waals surface area contributed by atoms with E-state index in [0.29, 0.717) is 19.6 Å². The molecule has 96 valence electrons. The van der Waals surface area contributed by atoms with E-state index in [1.54, 1.807) is 4.90 Å². The minimum Gasteiger partial charge on any atom is -0.379 e. The van der Waals surface area contributed by atoms with E-state index >= 15 is 0 Å². The zero-order chi connectivity index (χ0) is 11.8. The van der Waals surface area contributed by atoms with Crippen molar-refractivity contribution in [2.75, 3.05) is 59.0 Å². The lowest BCUT2D eigenvalue weighted by Crippen LogP contribution is -2.43. The van der Waals surface area contributed by atoms with Crippen LogP contribution in [0.2, 0.25) is 0 Å². The van der Waals surface area contributed by atoms with Gasteiger partial charge >= 0.3 is 0 Å². The Kier molecular flexibility index (Phi) is 6.79. The molecule has 2 N–H and O–H groups in total. The second-order valence-corrected chi connectivity index (χ2v) is 3.93. The molecule has 1 saturated heterocycles. The maximum atomic E-state index is 12.3. The van der Waals surface area contributed by atoms with Crippen molar-refractivity contribution in [3.8, 4) is 0 Å². The van der Waals surface area contributed by atoms with Crippen molar-refractivity contribution < 1.29 is 13.5 Å². The van der Waals surface area contributed by atoms with Gasteiger partial charge in [-0.3, -0.25) is 9.80 Å². The summed E-state index contributed by atoms with van der Waals surface area (Å²) in [6.07, 6.45) is -2.28. The van der Waals surface area contributed by atoms with Crippen LogP contribution in [0.5, 0.6) is 0 Å². The normalized spacial score (nSPS) is 18.6. The number of hydrogen-bond donors (Lipinski definition) is 1. The first-order chi connectivity index (χ1) is 7.72. The van der Waals surface area contributed by atoms with Crippen LogP contribution in [0.15, 0.2) is 0 Å². The summed E-state index contributed by atoms with van der Waals surface area (Å²) in [5.41, 5.74) is 5.39. The van der Waals surface area contributed by atoms with Gasteiger partial charge in [0.1, 0.15) is 0 Å². The van der Waals surface area contributed by atoms with Crippen molar-refractivity contribution in [2.45, 2.75) is 6.43 Å². The molecule has 16 heavy (non-hydrogen) atoms. The first-order valence-electron chi connectivity index (χ1n) is 5.73. The molecule has 0 aliphatic carbocycles. The Bertz CT molecular complexity index is 177. The van der Waals surface area contributed by atoms with Gasteiger partial charge in [0.15, 0.2) is 0 Å². The molecule has 1 rings (SSSR count). The predicted molar refractivity (Wildman–Crippen MR) is 58.8 cm³/mol. The average molecular weight is 237 g/mol. The number of halogens is 2. The van der Waals surface area contributed by atoms with Crippen molar-refractivity contribution in [3.63, 3.8) is 0 Å². The highest BCUT2D eigenvalue weighted by molar-refractivity contribution is 4.66. The lowest BCUT2D eigenvalue weighted by atomic mass is 10.3. The fourth-order valence-electron chi connectivity index (χ4n) is 1.78. The van der Waals surface area contributed by atoms with Gasteiger partial charge in [0.2, 0.25) is 0 Å². The summed E-state index contributed by atoms with van der Waals surface area (Å²) >= 11 is 0. The van der Waals surface area contributed by atoms with Crippen molar-refractivity contribution in [1.82, 2.24) is 9.80 Å². The number of nitrogens with zero attached hydrogens (tertiary/aromatic N) is 2. The van der Waals surface area contributed by atoms with Gasteiger partial charge in [0, 0.05) is 39.3 Å². The Morgan fingerprint density at radius 3 is 2.50 bits per heavy atom. The summed E-state index contributed by atoms with van der Waals surface area (Å²) in [5.74, 6) is 0. The van der Waals surface area contributed by atoms with Crippen molar-refractivity contribution in [3.05, 3.63) is 0 Å². The van der Waals surface area contributed by atoms with E-state index < -0.39 is 6.43 Å². The van der Waals surface area contributed by atoms with Crippen molar-refractivity contribution in [1.29, 1.82) is 0 Å². The molecule has 0 bridgehead atoms. The second kappa shape index (κ2) is 7.89. The van der Waals surface area contributed by atoms with E-state index in [9.17, 15) is 8.78 Å². The molecule has 6 heteroatoms. The Balaban J connectivity index is 2.19. The number of rotatable bonds is 7. The van der Waals surface area contributed by atoms with Crippen LogP contribution in [-0.2, 0) is 4.74 Å². The fourth-order valence-corrected chi connectivity index (χ4v) is 1.78. The zero-order valence-corrected chi connectivity index (χ0v) is 9.58. The third kappa shape index (κ3) is 5.69. The minimum absolute atomic E-state index is 0.179. The highest BCUT2D eigenvalue weighted by Gasteiger charge is 2.14. The monoisotopic (exact) mass is 237 g/mol. The molecule has 1 heterocycles. The molecule has 0 aromatic carbocycles. The molecule has 1 fully saturated rings. The summed E-state index contributed by atoms with van der Waals surface area (Å²) in [5, 5.41) is 0. The highest BCUT2D eigenvalue weighted by Crippen LogP contribution is 2.00. The smallest absolute Gasteiger partial charge is 0.251 e. The van der Waals surface area contributed by atoms with E-state index in [0.717, 1.165) is 32.8 Å². The topological polar surface area (TPSA) is 41.7 Å². The van der Waals surface area contributed by atoms with Crippen LogP contribution in [0.3, 0.4) is 0 Å². The van der Waals surface area contributed by atoms with E-state index in [1.165, 1.54) is 0 Å². The van der Waals surface area contributed by atoms with Gasteiger partial charge in [0.25, 0.3) is 6.43 Å². The van der Waals surface area contributed by atoms with Crippen LogP contribution in [0.1, 0.15) is 0 Å². The molecule has 1 aliphatic heterocycles. The quantitative estimate of drug-likeness (QED) is 0.668. The minimum atomic E-state index is -2.28. The van der Waals surface area contributed by atoms with Gasteiger partial charge in [-0.2, -0.15) is 0 Å². The number of ether oxygens (including phenoxy) is 1. The van der Waals surface area contributed by atoms with Crippen LogP contribution in [0, 0.1) is 0 Å². The molecule has 0 amide bonds. The molecule has 0 atom stereocenters. The zero-order valence-electron chi connectivity index (χ0n) is 9.58. The summed E-state index contributed by atoms with van der Waals surface area (Å²) < 4.78 is 29.7. The number of nitrogens with two attached hydrogens (primary N) is 1. The third-order valence-corrected chi connectivity index (χ3v) is 2.68. The van der Waals surface area contributed by atoms with Gasteiger partial charge in [-0.05, 0) is 0 Å². The third-order valence-electron chi connectivity index (χ3n) is 2.68. The van der Waals surface area contributed by atoms with Crippen molar-refractivity contribution in [2.24, 2.45) is 5.73 Å². The molecule has 0 aromatic heterocycles. The number of morpholine rings is 1. The average Bonchev–Trinajstić information content (AvgIpc) is 2.27. The lowest BCUT2D eigenvalue weighted by Gasteiger charge is -2.29. The van der Waals surface area contributed by atoms with Crippen LogP contribution in [0.25, 0.3) is 0 Å². The summed E-state index contributed by atoms with van der Waals surface area (Å²) in [6, 6.07) is 0. The SMILES string of the molecule is NCCN(CCN1CCOCC1)CC(F)F. The first kappa shape index (κ1) is 13.8. The Morgan fingerprint density at radius 2 is 1.94 bits per heavy atom. The summed E-state index contributed by atoms with van der Waals surface area (Å²) in [7, 11) is 0. The van der Waals surface area contributed by atoms with Crippen LogP contribution in [-0.4, -0.2) is 75.3 Å². The lowest BCUT2D eigenvalue weighted by molar-refractivity contribution is 0.0282. The van der Waals surface area contributed by atoms with Crippen molar-refractivity contribution >= 4 is 0 Å². The fraction of sp³-hybridized carbons (Fsp3) is 1.00. The van der Waals surface area contributed by atoms with E-state index in [4.69, 9.17) is 10.5 Å². The molecule has 0 saturated carbocycles. The standard InChI is InChI=1S/C10H21F2N3O/c11-10(12)9-15(2-1-13)4-3-14-5-7-16-8-6-14/h10H,1-9,13H2. The van der Waals surface area contributed by atoms with Gasteiger partial charge < -0.3 is 10.5 Å². The summed E-state index contributed by atoms with van der Waals surface area (Å²) in [6.45, 7) is 5.53. The predicted octanol–water partition coefficient (Wildman–Crippen LogP) is -0.156. The largest absolute Gasteiger partial charge is 0.379 e. The van der Waals surface area contributed by atoms with Crippen LogP contribution < -0.4 is 5.73 Å². The molecule has 4 nitrogen and oxygen atoms in total. The van der Waals surface area contributed by atoms with E-state index in [-0.39, 0.29) is 6.54 Å². The van der Waals surface area contributed by atoms with Gasteiger partial charge in [-0.1, -0.05) is 0 Å². The maximum absolute atomic E-state index is 12.3. The molecule has 0 radical (unpaired) electrons. The molecule has 0 unspecified atom stereocenters. The molecule has 1 aliphatic rings. The Morgan fingerprint density at radius 1 is 1.25 bits per heavy atom. The Labute approximate surface area is 95.3 Å². The molecule has 0 spiro atoms. The summed E-state index contributed by atoms with van der Waals surface area (Å²) in [4.78, 5) is 3.96. The van der Waals surface area contributed by atoms with Gasteiger partial charge in [-0.15, -0.1) is 0 Å². The van der Waals surface area contributed by atoms with Crippen LogP contribution in [0.4, 0.5) is 8.78 Å². The Hall–Kier alpha value is -0.300. The highest BCUT2D eigenvalue weighted by atomic mass is 19.3.